The Morgan fingerprint density at radius 3 is 2.67 bits per heavy atom. The minimum Gasteiger partial charge on any atom is -0.508 e. The molecule has 0 amide bonds. The third-order valence-corrected chi connectivity index (χ3v) is 3.56. The zero-order valence-corrected chi connectivity index (χ0v) is 12.3. The van der Waals surface area contributed by atoms with Crippen molar-refractivity contribution in [2.75, 3.05) is 0 Å². The van der Waals surface area contributed by atoms with E-state index in [1.807, 2.05) is 19.1 Å². The maximum Gasteiger partial charge on any atom is 0.185 e. The fraction of sp³-hybridized carbons (Fsp3) is 0.118. The van der Waals surface area contributed by atoms with Crippen molar-refractivity contribution in [3.8, 4) is 5.75 Å². The van der Waals surface area contributed by atoms with E-state index in [1.54, 1.807) is 12.1 Å². The van der Waals surface area contributed by atoms with Gasteiger partial charge in [0.2, 0.25) is 0 Å². The first kappa shape index (κ1) is 15.3. The standard InChI is InChI=1S/C17H15ClO3/c1-11-2-3-12(8-15(11)18)4-6-16(20)13-5-7-17(21)14(9-13)10-19/h2-9,19,21H,10H2,1H3/b6-4+. The van der Waals surface area contributed by atoms with Gasteiger partial charge in [-0.3, -0.25) is 4.79 Å². The van der Waals surface area contributed by atoms with E-state index in [9.17, 15) is 9.90 Å². The average Bonchev–Trinajstić information content (AvgIpc) is 2.48. The molecule has 0 aliphatic carbocycles. The lowest BCUT2D eigenvalue weighted by Gasteiger charge is -2.03. The van der Waals surface area contributed by atoms with E-state index in [1.165, 1.54) is 24.3 Å². The van der Waals surface area contributed by atoms with Crippen LogP contribution in [0.4, 0.5) is 0 Å². The summed E-state index contributed by atoms with van der Waals surface area (Å²) in [5.41, 5.74) is 2.55. The van der Waals surface area contributed by atoms with Crippen LogP contribution in [-0.2, 0) is 6.61 Å². The van der Waals surface area contributed by atoms with E-state index < -0.39 is 0 Å². The van der Waals surface area contributed by atoms with E-state index in [0.717, 1.165) is 11.1 Å². The summed E-state index contributed by atoms with van der Waals surface area (Å²) in [6.45, 7) is 1.60. The van der Waals surface area contributed by atoms with E-state index in [4.69, 9.17) is 16.7 Å². The number of phenols is 1. The molecule has 0 radical (unpaired) electrons. The molecule has 0 spiro atoms. The molecular weight excluding hydrogens is 288 g/mol. The van der Waals surface area contributed by atoms with Gasteiger partial charge in [-0.1, -0.05) is 29.8 Å². The Morgan fingerprint density at radius 1 is 1.24 bits per heavy atom. The summed E-state index contributed by atoms with van der Waals surface area (Å²) < 4.78 is 0. The molecule has 0 bridgehead atoms. The van der Waals surface area contributed by atoms with Crippen LogP contribution in [0.2, 0.25) is 5.02 Å². The molecule has 0 saturated heterocycles. The van der Waals surface area contributed by atoms with Gasteiger partial charge in [-0.2, -0.15) is 0 Å². The molecule has 0 aromatic heterocycles. The van der Waals surface area contributed by atoms with E-state index >= 15 is 0 Å². The maximum absolute atomic E-state index is 12.1. The van der Waals surface area contributed by atoms with Crippen LogP contribution >= 0.6 is 11.6 Å². The van der Waals surface area contributed by atoms with Crippen molar-refractivity contribution in [1.82, 2.24) is 0 Å². The highest BCUT2D eigenvalue weighted by Gasteiger charge is 2.06. The topological polar surface area (TPSA) is 57.5 Å². The van der Waals surface area contributed by atoms with Crippen LogP contribution in [0, 0.1) is 6.92 Å². The third kappa shape index (κ3) is 3.72. The number of aliphatic hydroxyl groups is 1. The van der Waals surface area contributed by atoms with Crippen molar-refractivity contribution < 1.29 is 15.0 Å². The zero-order chi connectivity index (χ0) is 15.4. The number of aryl methyl sites for hydroxylation is 1. The summed E-state index contributed by atoms with van der Waals surface area (Å²) in [4.78, 5) is 12.1. The van der Waals surface area contributed by atoms with Gasteiger partial charge in [0, 0.05) is 16.1 Å². The molecule has 4 heteroatoms. The molecule has 0 heterocycles. The largest absolute Gasteiger partial charge is 0.508 e. The number of hydrogen-bond acceptors (Lipinski definition) is 3. The monoisotopic (exact) mass is 302 g/mol. The quantitative estimate of drug-likeness (QED) is 0.668. The third-order valence-electron chi connectivity index (χ3n) is 3.16. The Morgan fingerprint density at radius 2 is 2.00 bits per heavy atom. The molecule has 0 atom stereocenters. The van der Waals surface area contributed by atoms with Gasteiger partial charge >= 0.3 is 0 Å². The van der Waals surface area contributed by atoms with E-state index in [2.05, 4.69) is 0 Å². The van der Waals surface area contributed by atoms with Gasteiger partial charge in [0.05, 0.1) is 6.61 Å². The number of aromatic hydroxyl groups is 1. The van der Waals surface area contributed by atoms with E-state index in [-0.39, 0.29) is 18.1 Å². The van der Waals surface area contributed by atoms with Crippen LogP contribution in [0.3, 0.4) is 0 Å². The van der Waals surface area contributed by atoms with Crippen LogP contribution in [0.25, 0.3) is 6.08 Å². The molecule has 2 aromatic rings. The molecule has 0 fully saturated rings. The first-order valence-electron chi connectivity index (χ1n) is 6.42. The van der Waals surface area contributed by atoms with Crippen LogP contribution < -0.4 is 0 Å². The summed E-state index contributed by atoms with van der Waals surface area (Å²) >= 11 is 6.03. The van der Waals surface area contributed by atoms with Gasteiger partial charge in [-0.25, -0.2) is 0 Å². The molecule has 2 rings (SSSR count). The SMILES string of the molecule is Cc1ccc(/C=C/C(=O)c2ccc(O)c(CO)c2)cc1Cl. The molecule has 3 nitrogen and oxygen atoms in total. The Balaban J connectivity index is 2.20. The maximum atomic E-state index is 12.1. The number of aliphatic hydroxyl groups excluding tert-OH is 1. The van der Waals surface area contributed by atoms with Crippen molar-refractivity contribution in [2.45, 2.75) is 13.5 Å². The van der Waals surface area contributed by atoms with Crippen molar-refractivity contribution in [1.29, 1.82) is 0 Å². The Bertz CT molecular complexity index is 705. The second-order valence-corrected chi connectivity index (χ2v) is 5.12. The number of halogens is 1. The van der Waals surface area contributed by atoms with Gasteiger partial charge in [0.25, 0.3) is 0 Å². The lowest BCUT2D eigenvalue weighted by Crippen LogP contribution is -1.96. The first-order valence-corrected chi connectivity index (χ1v) is 6.80. The molecule has 0 aliphatic heterocycles. The lowest BCUT2D eigenvalue weighted by molar-refractivity contribution is 0.104. The van der Waals surface area contributed by atoms with Crippen LogP contribution in [-0.4, -0.2) is 16.0 Å². The second-order valence-electron chi connectivity index (χ2n) is 4.71. The number of hydrogen-bond donors (Lipinski definition) is 2. The normalized spacial score (nSPS) is 11.0. The summed E-state index contributed by atoms with van der Waals surface area (Å²) in [6.07, 6.45) is 3.12. The highest BCUT2D eigenvalue weighted by Crippen LogP contribution is 2.20. The summed E-state index contributed by atoms with van der Waals surface area (Å²) in [7, 11) is 0. The van der Waals surface area contributed by atoms with Gasteiger partial charge in [0.1, 0.15) is 5.75 Å². The summed E-state index contributed by atoms with van der Waals surface area (Å²) in [5.74, 6) is -0.232. The molecule has 0 saturated carbocycles. The fourth-order valence-electron chi connectivity index (χ4n) is 1.85. The van der Waals surface area contributed by atoms with Crippen molar-refractivity contribution in [2.24, 2.45) is 0 Å². The highest BCUT2D eigenvalue weighted by molar-refractivity contribution is 6.31. The highest BCUT2D eigenvalue weighted by atomic mass is 35.5. The van der Waals surface area contributed by atoms with Crippen molar-refractivity contribution in [3.63, 3.8) is 0 Å². The molecule has 108 valence electrons. The molecule has 2 N–H and O–H groups in total. The minimum absolute atomic E-state index is 0.0247. The molecular formula is C17H15ClO3. The van der Waals surface area contributed by atoms with E-state index in [0.29, 0.717) is 16.1 Å². The van der Waals surface area contributed by atoms with Gasteiger partial charge < -0.3 is 10.2 Å². The van der Waals surface area contributed by atoms with Crippen LogP contribution in [0.5, 0.6) is 5.75 Å². The Kier molecular flexibility index (Phi) is 4.78. The Labute approximate surface area is 128 Å². The number of benzene rings is 2. The van der Waals surface area contributed by atoms with Gasteiger partial charge in [-0.15, -0.1) is 0 Å². The predicted molar refractivity (Wildman–Crippen MR) is 83.6 cm³/mol. The number of ketones is 1. The summed E-state index contributed by atoms with van der Waals surface area (Å²) in [6, 6.07) is 9.94. The first-order chi connectivity index (χ1) is 10.0. The number of rotatable bonds is 4. The van der Waals surface area contributed by atoms with Crippen LogP contribution in [0.15, 0.2) is 42.5 Å². The number of carbonyl (C=O) groups excluding carboxylic acids is 1. The number of allylic oxidation sites excluding steroid dienone is 1. The average molecular weight is 303 g/mol. The minimum atomic E-state index is -0.315. The smallest absolute Gasteiger partial charge is 0.185 e. The van der Waals surface area contributed by atoms with Gasteiger partial charge in [0.15, 0.2) is 5.78 Å². The second kappa shape index (κ2) is 6.57. The molecule has 21 heavy (non-hydrogen) atoms. The van der Waals surface area contributed by atoms with Gasteiger partial charge in [-0.05, 0) is 48.4 Å². The molecule has 0 unspecified atom stereocenters. The van der Waals surface area contributed by atoms with Crippen molar-refractivity contribution >= 4 is 23.5 Å². The Hall–Kier alpha value is -2.10. The lowest BCUT2D eigenvalue weighted by atomic mass is 10.1. The van der Waals surface area contributed by atoms with Crippen LogP contribution in [0.1, 0.15) is 27.0 Å². The predicted octanol–water partition coefficient (Wildman–Crippen LogP) is 3.74. The van der Waals surface area contributed by atoms with Crippen molar-refractivity contribution in [3.05, 3.63) is 69.8 Å². The fourth-order valence-corrected chi connectivity index (χ4v) is 2.04. The molecule has 0 aliphatic rings. The zero-order valence-electron chi connectivity index (χ0n) is 11.5. The number of carbonyl (C=O) groups is 1. The summed E-state index contributed by atoms with van der Waals surface area (Å²) in [5, 5.41) is 19.2. The molecule has 2 aromatic carbocycles.